The second-order valence-corrected chi connectivity index (χ2v) is 6.14. The van der Waals surface area contributed by atoms with Crippen molar-refractivity contribution in [3.8, 4) is 11.8 Å². The molecule has 3 rings (SSSR count). The maximum atomic E-state index is 11.8. The van der Waals surface area contributed by atoms with Crippen LogP contribution in [0.4, 0.5) is 0 Å². The van der Waals surface area contributed by atoms with Gasteiger partial charge in [-0.3, -0.25) is 4.79 Å². The highest BCUT2D eigenvalue weighted by Gasteiger charge is 2.05. The molecule has 1 amide bonds. The number of hydrogen-bond acceptors (Lipinski definition) is 5. The predicted molar refractivity (Wildman–Crippen MR) is 104 cm³/mol. The fraction of sp³-hybridized carbons (Fsp3) is 0.100. The summed E-state index contributed by atoms with van der Waals surface area (Å²) in [7, 11) is 0. The lowest BCUT2D eigenvalue weighted by Gasteiger charge is -2.05. The first kappa shape index (κ1) is 18.4. The molecule has 0 bridgehead atoms. The molecule has 0 aliphatic carbocycles. The van der Waals surface area contributed by atoms with Crippen LogP contribution in [0.5, 0.6) is 5.75 Å². The largest absolute Gasteiger partial charge is 0.484 e. The van der Waals surface area contributed by atoms with Crippen LogP contribution >= 0.6 is 11.6 Å². The van der Waals surface area contributed by atoms with E-state index in [1.54, 1.807) is 24.3 Å². The average molecular weight is 379 g/mol. The molecular weight excluding hydrogens is 364 g/mol. The number of pyridine rings is 1. The van der Waals surface area contributed by atoms with Crippen molar-refractivity contribution in [2.24, 2.45) is 5.10 Å². The van der Waals surface area contributed by atoms with Gasteiger partial charge >= 0.3 is 0 Å². The molecular formula is C20H15ClN4O2. The van der Waals surface area contributed by atoms with Crippen LogP contribution in [-0.4, -0.2) is 23.7 Å². The van der Waals surface area contributed by atoms with E-state index >= 15 is 0 Å². The first-order valence-electron chi connectivity index (χ1n) is 8.07. The lowest BCUT2D eigenvalue weighted by atomic mass is 10.1. The SMILES string of the molecule is Cc1ccc2cc(/C=N/NC(=O)COc3ccc(C#N)cc3)c(Cl)nc2c1. The van der Waals surface area contributed by atoms with Gasteiger partial charge in [-0.15, -0.1) is 0 Å². The van der Waals surface area contributed by atoms with E-state index in [0.717, 1.165) is 16.5 Å². The van der Waals surface area contributed by atoms with E-state index in [0.29, 0.717) is 22.0 Å². The molecule has 6 nitrogen and oxygen atoms in total. The van der Waals surface area contributed by atoms with Gasteiger partial charge in [-0.1, -0.05) is 23.7 Å². The Bertz CT molecular complexity index is 1060. The minimum absolute atomic E-state index is 0.202. The summed E-state index contributed by atoms with van der Waals surface area (Å²) in [5.74, 6) is 0.0706. The Balaban J connectivity index is 1.58. The number of fused-ring (bicyclic) bond motifs is 1. The third-order valence-electron chi connectivity index (χ3n) is 3.70. The summed E-state index contributed by atoms with van der Waals surface area (Å²) in [6, 6.07) is 16.2. The average Bonchev–Trinajstić information content (AvgIpc) is 2.67. The van der Waals surface area contributed by atoms with Crippen molar-refractivity contribution >= 4 is 34.6 Å². The zero-order chi connectivity index (χ0) is 19.2. The minimum atomic E-state index is -0.420. The van der Waals surface area contributed by atoms with Crippen LogP contribution in [0.25, 0.3) is 10.9 Å². The quantitative estimate of drug-likeness (QED) is 0.417. The molecule has 2 aromatic carbocycles. The van der Waals surface area contributed by atoms with Crippen LogP contribution in [0.2, 0.25) is 5.15 Å². The predicted octanol–water partition coefficient (Wildman–Crippen LogP) is 3.60. The van der Waals surface area contributed by atoms with Gasteiger partial charge in [0, 0.05) is 10.9 Å². The van der Waals surface area contributed by atoms with E-state index in [1.807, 2.05) is 37.3 Å². The Morgan fingerprint density at radius 3 is 2.81 bits per heavy atom. The number of ether oxygens (including phenoxy) is 1. The number of halogens is 1. The summed E-state index contributed by atoms with van der Waals surface area (Å²) in [6.07, 6.45) is 1.44. The van der Waals surface area contributed by atoms with Crippen LogP contribution in [-0.2, 0) is 4.79 Å². The van der Waals surface area contributed by atoms with Crippen molar-refractivity contribution in [2.75, 3.05) is 6.61 Å². The smallest absolute Gasteiger partial charge is 0.277 e. The number of aryl methyl sites for hydroxylation is 1. The van der Waals surface area contributed by atoms with Gasteiger partial charge in [0.2, 0.25) is 0 Å². The summed E-state index contributed by atoms with van der Waals surface area (Å²) in [5.41, 5.74) is 5.40. The first-order chi connectivity index (χ1) is 13.0. The Kier molecular flexibility index (Phi) is 5.64. The van der Waals surface area contributed by atoms with E-state index in [9.17, 15) is 4.79 Å². The summed E-state index contributed by atoms with van der Waals surface area (Å²) in [6.45, 7) is 1.78. The molecule has 0 saturated carbocycles. The summed E-state index contributed by atoms with van der Waals surface area (Å²) in [5, 5.41) is 13.9. The number of nitrogens with one attached hydrogen (secondary N) is 1. The summed E-state index contributed by atoms with van der Waals surface area (Å²) >= 11 is 6.17. The highest BCUT2D eigenvalue weighted by molar-refractivity contribution is 6.32. The van der Waals surface area contributed by atoms with Crippen molar-refractivity contribution in [3.63, 3.8) is 0 Å². The Labute approximate surface area is 161 Å². The third-order valence-corrected chi connectivity index (χ3v) is 4.00. The van der Waals surface area contributed by atoms with E-state index in [1.165, 1.54) is 6.21 Å². The van der Waals surface area contributed by atoms with Gasteiger partial charge in [-0.05, 0) is 48.9 Å². The van der Waals surface area contributed by atoms with Gasteiger partial charge in [0.15, 0.2) is 6.61 Å². The number of hydrazone groups is 1. The van der Waals surface area contributed by atoms with Gasteiger partial charge in [-0.25, -0.2) is 10.4 Å². The lowest BCUT2D eigenvalue weighted by Crippen LogP contribution is -2.24. The maximum absolute atomic E-state index is 11.8. The molecule has 0 aliphatic rings. The fourth-order valence-corrected chi connectivity index (χ4v) is 2.54. The molecule has 0 aliphatic heterocycles. The zero-order valence-corrected chi connectivity index (χ0v) is 15.2. The molecule has 1 aromatic heterocycles. The molecule has 1 N–H and O–H groups in total. The Morgan fingerprint density at radius 2 is 2.07 bits per heavy atom. The lowest BCUT2D eigenvalue weighted by molar-refractivity contribution is -0.123. The molecule has 27 heavy (non-hydrogen) atoms. The molecule has 7 heteroatoms. The number of hydrogen-bond donors (Lipinski definition) is 1. The monoisotopic (exact) mass is 378 g/mol. The maximum Gasteiger partial charge on any atom is 0.277 e. The van der Waals surface area contributed by atoms with E-state index < -0.39 is 5.91 Å². The Hall–Kier alpha value is -3.43. The molecule has 0 saturated heterocycles. The molecule has 3 aromatic rings. The molecule has 1 heterocycles. The second kappa shape index (κ2) is 8.30. The second-order valence-electron chi connectivity index (χ2n) is 5.78. The first-order valence-corrected chi connectivity index (χ1v) is 8.45. The Morgan fingerprint density at radius 1 is 1.30 bits per heavy atom. The highest BCUT2D eigenvalue weighted by Crippen LogP contribution is 2.20. The minimum Gasteiger partial charge on any atom is -0.484 e. The van der Waals surface area contributed by atoms with Gasteiger partial charge in [-0.2, -0.15) is 10.4 Å². The van der Waals surface area contributed by atoms with Gasteiger partial charge in [0.25, 0.3) is 5.91 Å². The number of rotatable bonds is 5. The molecule has 0 atom stereocenters. The van der Waals surface area contributed by atoms with Crippen molar-refractivity contribution in [2.45, 2.75) is 6.92 Å². The van der Waals surface area contributed by atoms with E-state index in [2.05, 4.69) is 15.5 Å². The molecule has 134 valence electrons. The van der Waals surface area contributed by atoms with Gasteiger partial charge < -0.3 is 4.74 Å². The summed E-state index contributed by atoms with van der Waals surface area (Å²) in [4.78, 5) is 16.2. The van der Waals surface area contributed by atoms with E-state index in [-0.39, 0.29) is 6.61 Å². The zero-order valence-electron chi connectivity index (χ0n) is 14.4. The normalized spacial score (nSPS) is 10.7. The molecule has 0 spiro atoms. The number of carbonyl (C=O) groups excluding carboxylic acids is 1. The van der Waals surface area contributed by atoms with Crippen molar-refractivity contribution in [3.05, 3.63) is 70.4 Å². The molecule has 0 fully saturated rings. The van der Waals surface area contributed by atoms with Crippen molar-refractivity contribution < 1.29 is 9.53 Å². The highest BCUT2D eigenvalue weighted by atomic mass is 35.5. The number of aromatic nitrogens is 1. The van der Waals surface area contributed by atoms with E-state index in [4.69, 9.17) is 21.6 Å². The number of nitriles is 1. The van der Waals surface area contributed by atoms with Crippen LogP contribution in [0.3, 0.4) is 0 Å². The van der Waals surface area contributed by atoms with Crippen molar-refractivity contribution in [1.29, 1.82) is 5.26 Å². The number of nitrogens with zero attached hydrogens (tertiary/aromatic N) is 3. The topological polar surface area (TPSA) is 87.4 Å². The van der Waals surface area contributed by atoms with Gasteiger partial charge in [0.1, 0.15) is 10.9 Å². The summed E-state index contributed by atoms with van der Waals surface area (Å²) < 4.78 is 5.33. The molecule has 0 unspecified atom stereocenters. The number of amides is 1. The van der Waals surface area contributed by atoms with Crippen LogP contribution in [0, 0.1) is 18.3 Å². The van der Waals surface area contributed by atoms with Crippen molar-refractivity contribution in [1.82, 2.24) is 10.4 Å². The van der Waals surface area contributed by atoms with Crippen LogP contribution in [0.15, 0.2) is 53.6 Å². The van der Waals surface area contributed by atoms with Crippen LogP contribution in [0.1, 0.15) is 16.7 Å². The standard InChI is InChI=1S/C20H15ClN4O2/c1-13-2-5-15-9-16(20(21)24-18(15)8-13)11-23-25-19(26)12-27-17-6-3-14(10-22)4-7-17/h2-9,11H,12H2,1H3,(H,25,26)/b23-11+. The fourth-order valence-electron chi connectivity index (χ4n) is 2.34. The van der Waals surface area contributed by atoms with Gasteiger partial charge in [0.05, 0.1) is 23.4 Å². The molecule has 0 radical (unpaired) electrons. The third kappa shape index (κ3) is 4.81. The van der Waals surface area contributed by atoms with Crippen LogP contribution < -0.4 is 10.2 Å². The number of carbonyl (C=O) groups is 1. The number of benzene rings is 2.